The third-order valence-corrected chi connectivity index (χ3v) is 2.55. The first kappa shape index (κ1) is 13.3. The van der Waals surface area contributed by atoms with E-state index in [-0.39, 0.29) is 12.1 Å². The number of ether oxygens (including phenoxy) is 2. The molecule has 1 atom stereocenters. The molecule has 1 aromatic heterocycles. The van der Waals surface area contributed by atoms with Gasteiger partial charge in [-0.25, -0.2) is 9.78 Å². The maximum Gasteiger partial charge on any atom is 0.338 e. The molecule has 100 valence electrons. The molecule has 0 aliphatic carbocycles. The van der Waals surface area contributed by atoms with E-state index in [4.69, 9.17) is 13.9 Å². The molecule has 0 aliphatic rings. The van der Waals surface area contributed by atoms with E-state index in [0.29, 0.717) is 17.9 Å². The average Bonchev–Trinajstić information content (AvgIpc) is 2.93. The molecular weight excluding hydrogens is 246 g/mol. The summed E-state index contributed by atoms with van der Waals surface area (Å²) in [6.07, 6.45) is 2.71. The summed E-state index contributed by atoms with van der Waals surface area (Å²) in [5.74, 6) is 0.293. The van der Waals surface area contributed by atoms with E-state index in [1.165, 1.54) is 6.39 Å². The van der Waals surface area contributed by atoms with E-state index in [1.807, 2.05) is 0 Å². The van der Waals surface area contributed by atoms with Gasteiger partial charge < -0.3 is 13.9 Å². The molecule has 0 saturated heterocycles. The number of carbonyl (C=O) groups is 1. The van der Waals surface area contributed by atoms with Crippen LogP contribution in [-0.2, 0) is 9.47 Å². The molecule has 5 nitrogen and oxygen atoms in total. The van der Waals surface area contributed by atoms with Gasteiger partial charge in [-0.3, -0.25) is 0 Å². The fourth-order valence-corrected chi connectivity index (χ4v) is 1.65. The molecule has 0 fully saturated rings. The van der Waals surface area contributed by atoms with Gasteiger partial charge in [-0.15, -0.1) is 0 Å². The van der Waals surface area contributed by atoms with Crippen LogP contribution in [0.2, 0.25) is 0 Å². The molecule has 0 spiro atoms. The van der Waals surface area contributed by atoms with E-state index in [0.717, 1.165) is 5.56 Å². The average molecular weight is 261 g/mol. The first-order valence-corrected chi connectivity index (χ1v) is 5.89. The van der Waals surface area contributed by atoms with Crippen molar-refractivity contribution >= 4 is 5.97 Å². The minimum Gasteiger partial charge on any atom is -0.457 e. The predicted octanol–water partition coefficient (Wildman–Crippen LogP) is 2.53. The van der Waals surface area contributed by atoms with Gasteiger partial charge in [0.25, 0.3) is 0 Å². The summed E-state index contributed by atoms with van der Waals surface area (Å²) in [5, 5.41) is 0. The molecule has 1 heterocycles. The number of aromatic nitrogens is 1. The first-order valence-electron chi connectivity index (χ1n) is 5.89. The first-order chi connectivity index (χ1) is 9.20. The zero-order valence-electron chi connectivity index (χ0n) is 10.8. The van der Waals surface area contributed by atoms with Crippen molar-refractivity contribution in [2.45, 2.75) is 13.0 Å². The number of hydrogen-bond donors (Lipinski definition) is 0. The van der Waals surface area contributed by atoms with Crippen molar-refractivity contribution in [3.63, 3.8) is 0 Å². The summed E-state index contributed by atoms with van der Waals surface area (Å²) in [7, 11) is 1.57. The Kier molecular flexibility index (Phi) is 4.30. The fraction of sp³-hybridized carbons (Fsp3) is 0.286. The van der Waals surface area contributed by atoms with Crippen LogP contribution < -0.4 is 0 Å². The van der Waals surface area contributed by atoms with Gasteiger partial charge in [0.15, 0.2) is 12.2 Å². The van der Waals surface area contributed by atoms with Crippen LogP contribution in [-0.4, -0.2) is 30.8 Å². The van der Waals surface area contributed by atoms with Crippen LogP contribution in [0.15, 0.2) is 41.3 Å². The fourth-order valence-electron chi connectivity index (χ4n) is 1.65. The second-order valence-electron chi connectivity index (χ2n) is 4.11. The highest BCUT2D eigenvalue weighted by Crippen LogP contribution is 2.19. The standard InChI is InChI=1S/C14H15NO4/c1-10(8-17-2)19-14(16)12-5-3-11(4-6-12)13-7-15-9-18-13/h3-7,9-10H,8H2,1-2H3/t10-/m1/s1. The lowest BCUT2D eigenvalue weighted by Gasteiger charge is -2.12. The Morgan fingerprint density at radius 1 is 1.37 bits per heavy atom. The van der Waals surface area contributed by atoms with Gasteiger partial charge in [0.1, 0.15) is 6.10 Å². The Morgan fingerprint density at radius 3 is 2.68 bits per heavy atom. The van der Waals surface area contributed by atoms with Crippen LogP contribution in [0.4, 0.5) is 0 Å². The Morgan fingerprint density at radius 2 is 2.11 bits per heavy atom. The van der Waals surface area contributed by atoms with E-state index in [9.17, 15) is 4.79 Å². The Bertz CT molecular complexity index is 519. The third kappa shape index (κ3) is 3.42. The summed E-state index contributed by atoms with van der Waals surface area (Å²) >= 11 is 0. The van der Waals surface area contributed by atoms with Crippen LogP contribution in [0.25, 0.3) is 11.3 Å². The largest absolute Gasteiger partial charge is 0.457 e. The maximum absolute atomic E-state index is 11.8. The SMILES string of the molecule is COC[C@@H](C)OC(=O)c1ccc(-c2cnco2)cc1. The molecule has 1 aromatic carbocycles. The summed E-state index contributed by atoms with van der Waals surface area (Å²) in [6, 6.07) is 6.97. The van der Waals surface area contributed by atoms with Crippen LogP contribution in [0.1, 0.15) is 17.3 Å². The summed E-state index contributed by atoms with van der Waals surface area (Å²) in [6.45, 7) is 2.16. The zero-order valence-corrected chi connectivity index (χ0v) is 10.8. The molecule has 0 N–H and O–H groups in total. The quantitative estimate of drug-likeness (QED) is 0.774. The second kappa shape index (κ2) is 6.15. The maximum atomic E-state index is 11.8. The third-order valence-electron chi connectivity index (χ3n) is 2.55. The summed E-state index contributed by atoms with van der Waals surface area (Å²) in [5.41, 5.74) is 1.35. The molecule has 5 heteroatoms. The number of esters is 1. The van der Waals surface area contributed by atoms with Gasteiger partial charge in [-0.2, -0.15) is 0 Å². The molecule has 19 heavy (non-hydrogen) atoms. The van der Waals surface area contributed by atoms with Crippen molar-refractivity contribution in [2.24, 2.45) is 0 Å². The molecule has 0 amide bonds. The van der Waals surface area contributed by atoms with Crippen LogP contribution in [0, 0.1) is 0 Å². The molecule has 2 aromatic rings. The Balaban J connectivity index is 2.04. The highest BCUT2D eigenvalue weighted by Gasteiger charge is 2.12. The Labute approximate surface area is 111 Å². The molecule has 2 rings (SSSR count). The van der Waals surface area contributed by atoms with Crippen LogP contribution >= 0.6 is 0 Å². The zero-order chi connectivity index (χ0) is 13.7. The van der Waals surface area contributed by atoms with Crippen molar-refractivity contribution < 1.29 is 18.7 Å². The number of hydrogen-bond acceptors (Lipinski definition) is 5. The minimum atomic E-state index is -0.367. The minimum absolute atomic E-state index is 0.272. The van der Waals surface area contributed by atoms with Crippen molar-refractivity contribution in [3.8, 4) is 11.3 Å². The van der Waals surface area contributed by atoms with Crippen molar-refractivity contribution in [2.75, 3.05) is 13.7 Å². The normalized spacial score (nSPS) is 12.1. The van der Waals surface area contributed by atoms with Gasteiger partial charge >= 0.3 is 5.97 Å². The summed E-state index contributed by atoms with van der Waals surface area (Å²) in [4.78, 5) is 15.7. The lowest BCUT2D eigenvalue weighted by Crippen LogP contribution is -2.19. The van der Waals surface area contributed by atoms with Crippen molar-refractivity contribution in [1.29, 1.82) is 0 Å². The van der Waals surface area contributed by atoms with Crippen molar-refractivity contribution in [3.05, 3.63) is 42.4 Å². The topological polar surface area (TPSA) is 61.6 Å². The lowest BCUT2D eigenvalue weighted by atomic mass is 10.1. The van der Waals surface area contributed by atoms with Crippen LogP contribution in [0.5, 0.6) is 0 Å². The van der Waals surface area contributed by atoms with Crippen LogP contribution in [0.3, 0.4) is 0 Å². The van der Waals surface area contributed by atoms with E-state index < -0.39 is 0 Å². The lowest BCUT2D eigenvalue weighted by molar-refractivity contribution is 0.0120. The van der Waals surface area contributed by atoms with Gasteiger partial charge in [-0.05, 0) is 19.1 Å². The predicted molar refractivity (Wildman–Crippen MR) is 68.7 cm³/mol. The number of nitrogens with zero attached hydrogens (tertiary/aromatic N) is 1. The Hall–Kier alpha value is -2.14. The van der Waals surface area contributed by atoms with Gasteiger partial charge in [0, 0.05) is 12.7 Å². The number of rotatable bonds is 5. The molecule has 0 radical (unpaired) electrons. The smallest absolute Gasteiger partial charge is 0.338 e. The van der Waals surface area contributed by atoms with Crippen molar-refractivity contribution in [1.82, 2.24) is 4.98 Å². The van der Waals surface area contributed by atoms with Gasteiger partial charge in [-0.1, -0.05) is 12.1 Å². The number of oxazole rings is 1. The van der Waals surface area contributed by atoms with Gasteiger partial charge in [0.2, 0.25) is 0 Å². The second-order valence-corrected chi connectivity index (χ2v) is 4.11. The molecule has 0 unspecified atom stereocenters. The number of carbonyl (C=O) groups excluding carboxylic acids is 1. The van der Waals surface area contributed by atoms with Gasteiger partial charge in [0.05, 0.1) is 18.4 Å². The molecule has 0 aliphatic heterocycles. The molecular formula is C14H15NO4. The summed E-state index contributed by atoms with van der Waals surface area (Å²) < 4.78 is 15.3. The van der Waals surface area contributed by atoms with E-state index in [1.54, 1.807) is 44.5 Å². The number of methoxy groups -OCH3 is 1. The van der Waals surface area contributed by atoms with E-state index in [2.05, 4.69) is 4.98 Å². The van der Waals surface area contributed by atoms with E-state index >= 15 is 0 Å². The molecule has 0 bridgehead atoms. The molecule has 0 saturated carbocycles. The monoisotopic (exact) mass is 261 g/mol. The highest BCUT2D eigenvalue weighted by atomic mass is 16.6. The highest BCUT2D eigenvalue weighted by molar-refractivity contribution is 5.90. The number of benzene rings is 1.